The maximum atomic E-state index is 12.4. The molecule has 0 atom stereocenters. The summed E-state index contributed by atoms with van der Waals surface area (Å²) in [7, 11) is 1.39. The molecule has 0 radical (unpaired) electrons. The number of nitrogens with zero attached hydrogens (tertiary/aromatic N) is 8. The lowest BCUT2D eigenvalue weighted by Gasteiger charge is -2.36. The fraction of sp³-hybridized carbons (Fsp3) is 0.556. The van der Waals surface area contributed by atoms with Crippen molar-refractivity contribution in [1.29, 1.82) is 0 Å². The fourth-order valence-electron chi connectivity index (χ4n) is 4.95. The van der Waals surface area contributed by atoms with Gasteiger partial charge in [-0.3, -0.25) is 4.79 Å². The first-order chi connectivity index (χ1) is 19.2. The molecule has 4 heterocycles. The van der Waals surface area contributed by atoms with Crippen LogP contribution in [0.25, 0.3) is 5.65 Å². The third-order valence-corrected chi connectivity index (χ3v) is 7.06. The number of hydrogen-bond donors (Lipinski definition) is 2. The number of pyridine rings is 1. The van der Waals surface area contributed by atoms with E-state index in [1.165, 1.54) is 7.05 Å². The lowest BCUT2D eigenvalue weighted by Crippen LogP contribution is -2.51. The number of ether oxygens (including phenoxy) is 1. The van der Waals surface area contributed by atoms with Crippen LogP contribution in [0.2, 0.25) is 0 Å². The van der Waals surface area contributed by atoms with Crippen molar-refractivity contribution >= 4 is 29.3 Å². The molecule has 216 valence electrons. The van der Waals surface area contributed by atoms with E-state index in [0.717, 1.165) is 53.2 Å². The molecule has 13 heteroatoms. The number of carboxylic acid groups (broad SMARTS) is 1. The first-order valence-electron chi connectivity index (χ1n) is 13.8. The highest BCUT2D eigenvalue weighted by atomic mass is 16.5. The van der Waals surface area contributed by atoms with Gasteiger partial charge in [0.1, 0.15) is 18.5 Å². The Labute approximate surface area is 234 Å². The second kappa shape index (κ2) is 12.8. The van der Waals surface area contributed by atoms with E-state index in [4.69, 9.17) is 20.6 Å². The topological polar surface area (TPSA) is 155 Å². The van der Waals surface area contributed by atoms with Gasteiger partial charge in [0.25, 0.3) is 0 Å². The molecule has 1 aliphatic rings. The minimum absolute atomic E-state index is 0.0456. The summed E-state index contributed by atoms with van der Waals surface area (Å²) < 4.78 is 7.79. The molecular formula is C27H39N9O4. The van der Waals surface area contributed by atoms with Crippen molar-refractivity contribution in [1.82, 2.24) is 34.4 Å². The van der Waals surface area contributed by atoms with Gasteiger partial charge >= 0.3 is 12.1 Å². The zero-order valence-electron chi connectivity index (χ0n) is 23.7. The molecule has 3 aromatic rings. The highest BCUT2D eigenvalue weighted by molar-refractivity contribution is 5.82. The number of hydrogen-bond acceptors (Lipinski definition) is 9. The number of amides is 2. The molecule has 40 heavy (non-hydrogen) atoms. The Hall–Kier alpha value is -4.16. The van der Waals surface area contributed by atoms with Gasteiger partial charge in [-0.25, -0.2) is 19.3 Å². The van der Waals surface area contributed by atoms with Gasteiger partial charge in [-0.2, -0.15) is 4.98 Å². The molecular weight excluding hydrogens is 514 g/mol. The average Bonchev–Trinajstić information content (AvgIpc) is 3.32. The number of anilines is 2. The number of nitrogens with two attached hydrogens (primary N) is 1. The number of carbonyl (C=O) groups is 2. The minimum atomic E-state index is -1.12. The van der Waals surface area contributed by atoms with E-state index in [1.54, 1.807) is 15.6 Å². The van der Waals surface area contributed by atoms with Crippen LogP contribution in [-0.2, 0) is 11.2 Å². The van der Waals surface area contributed by atoms with E-state index >= 15 is 0 Å². The maximum Gasteiger partial charge on any atom is 0.407 e. The highest BCUT2D eigenvalue weighted by Crippen LogP contribution is 2.23. The predicted molar refractivity (Wildman–Crippen MR) is 151 cm³/mol. The quantitative estimate of drug-likeness (QED) is 0.362. The van der Waals surface area contributed by atoms with Crippen molar-refractivity contribution < 1.29 is 19.4 Å². The highest BCUT2D eigenvalue weighted by Gasteiger charge is 2.24. The maximum absolute atomic E-state index is 12.4. The normalized spacial score (nSPS) is 13.7. The first-order valence-corrected chi connectivity index (χ1v) is 13.8. The van der Waals surface area contributed by atoms with Crippen LogP contribution in [0.1, 0.15) is 56.4 Å². The molecule has 0 unspecified atom stereocenters. The molecule has 1 saturated heterocycles. The lowest BCUT2D eigenvalue weighted by atomic mass is 10.1. The summed E-state index contributed by atoms with van der Waals surface area (Å²) in [5.41, 5.74) is 9.57. The van der Waals surface area contributed by atoms with Gasteiger partial charge < -0.3 is 30.3 Å². The van der Waals surface area contributed by atoms with Crippen LogP contribution in [0.5, 0.6) is 6.01 Å². The van der Waals surface area contributed by atoms with Gasteiger partial charge in [0, 0.05) is 45.8 Å². The van der Waals surface area contributed by atoms with Crippen molar-refractivity contribution in [2.45, 2.75) is 59.0 Å². The van der Waals surface area contributed by atoms with Gasteiger partial charge in [0.2, 0.25) is 5.91 Å². The third kappa shape index (κ3) is 6.69. The summed E-state index contributed by atoms with van der Waals surface area (Å²) in [5.74, 6) is 0.957. The SMILES string of the molecule is CCCC(CCC)Oc1nc(N)c2ncc(Cc3cnc(N4CCN(C(=O)CN(C)C(=O)O)CC4)c(C)c3)n2n1. The van der Waals surface area contributed by atoms with Gasteiger partial charge in [0.05, 0.1) is 11.9 Å². The number of imidazole rings is 1. The Kier molecular flexibility index (Phi) is 9.22. The molecule has 0 aromatic carbocycles. The molecule has 1 aliphatic heterocycles. The second-order valence-corrected chi connectivity index (χ2v) is 10.2. The molecule has 2 amide bonds. The van der Waals surface area contributed by atoms with E-state index in [-0.39, 0.29) is 30.4 Å². The summed E-state index contributed by atoms with van der Waals surface area (Å²) in [6, 6.07) is 2.36. The Morgan fingerprint density at radius 2 is 1.82 bits per heavy atom. The first kappa shape index (κ1) is 28.8. The zero-order chi connectivity index (χ0) is 28.8. The van der Waals surface area contributed by atoms with Crippen molar-refractivity contribution in [3.05, 3.63) is 35.3 Å². The number of rotatable bonds is 11. The number of carbonyl (C=O) groups excluding carboxylic acids is 1. The third-order valence-electron chi connectivity index (χ3n) is 7.06. The zero-order valence-corrected chi connectivity index (χ0v) is 23.7. The van der Waals surface area contributed by atoms with Crippen LogP contribution in [0.4, 0.5) is 16.4 Å². The Morgan fingerprint density at radius 1 is 1.12 bits per heavy atom. The molecule has 0 spiro atoms. The number of aryl methyl sites for hydroxylation is 1. The number of fused-ring (bicyclic) bond motifs is 1. The van der Waals surface area contributed by atoms with Crippen molar-refractivity contribution in [3.8, 4) is 6.01 Å². The Bertz CT molecular complexity index is 1330. The van der Waals surface area contributed by atoms with Gasteiger partial charge in [-0.1, -0.05) is 32.8 Å². The molecule has 0 saturated carbocycles. The Morgan fingerprint density at radius 3 is 2.45 bits per heavy atom. The molecule has 0 bridgehead atoms. The molecule has 3 aromatic heterocycles. The molecule has 1 fully saturated rings. The van der Waals surface area contributed by atoms with Crippen LogP contribution in [0.15, 0.2) is 18.5 Å². The van der Waals surface area contributed by atoms with Crippen LogP contribution in [-0.4, -0.2) is 97.3 Å². The van der Waals surface area contributed by atoms with Crippen molar-refractivity contribution in [2.24, 2.45) is 0 Å². The standard InChI is InChI=1S/C27H39N9O4/c1-5-7-21(8-6-2)40-26-31-23(28)25-30-16-20(36(25)32-26)14-19-13-18(3)24(29-15-19)35-11-9-34(10-12-35)22(37)17-33(4)27(38)39/h13,15-16,21H,5-12,14,17H2,1-4H3,(H,38,39)(H2,28,31,32). The van der Waals surface area contributed by atoms with Crippen LogP contribution in [0.3, 0.4) is 0 Å². The fourth-order valence-corrected chi connectivity index (χ4v) is 4.95. The van der Waals surface area contributed by atoms with E-state index in [9.17, 15) is 9.59 Å². The summed E-state index contributed by atoms with van der Waals surface area (Å²) >= 11 is 0. The van der Waals surface area contributed by atoms with Crippen molar-refractivity contribution in [2.75, 3.05) is 50.4 Å². The largest absolute Gasteiger partial charge is 0.465 e. The number of piperazine rings is 1. The van der Waals surface area contributed by atoms with E-state index in [0.29, 0.717) is 38.2 Å². The van der Waals surface area contributed by atoms with Crippen LogP contribution >= 0.6 is 0 Å². The molecule has 4 rings (SSSR count). The summed E-state index contributed by atoms with van der Waals surface area (Å²) in [4.78, 5) is 41.8. The number of likely N-dealkylation sites (N-methyl/N-ethyl adjacent to an activating group) is 1. The Balaban J connectivity index is 1.43. The molecule has 13 nitrogen and oxygen atoms in total. The second-order valence-electron chi connectivity index (χ2n) is 10.2. The number of aromatic nitrogens is 5. The average molecular weight is 554 g/mol. The van der Waals surface area contributed by atoms with Gasteiger partial charge in [-0.15, -0.1) is 5.10 Å². The smallest absolute Gasteiger partial charge is 0.407 e. The predicted octanol–water partition coefficient (Wildman–Crippen LogP) is 2.61. The van der Waals surface area contributed by atoms with Crippen LogP contribution in [0, 0.1) is 6.92 Å². The monoisotopic (exact) mass is 553 g/mol. The van der Waals surface area contributed by atoms with Gasteiger partial charge in [0.15, 0.2) is 11.5 Å². The van der Waals surface area contributed by atoms with Gasteiger partial charge in [-0.05, 0) is 30.9 Å². The minimum Gasteiger partial charge on any atom is -0.465 e. The molecule has 0 aliphatic carbocycles. The summed E-state index contributed by atoms with van der Waals surface area (Å²) in [5, 5.41) is 13.6. The molecule has 3 N–H and O–H groups in total. The number of nitrogen functional groups attached to an aromatic ring is 1. The lowest BCUT2D eigenvalue weighted by molar-refractivity contribution is -0.132. The van der Waals surface area contributed by atoms with E-state index < -0.39 is 6.09 Å². The van der Waals surface area contributed by atoms with Crippen LogP contribution < -0.4 is 15.4 Å². The summed E-state index contributed by atoms with van der Waals surface area (Å²) in [6.07, 6.45) is 6.96. The van der Waals surface area contributed by atoms with E-state index in [1.807, 2.05) is 13.1 Å². The van der Waals surface area contributed by atoms with Crippen molar-refractivity contribution in [3.63, 3.8) is 0 Å². The summed E-state index contributed by atoms with van der Waals surface area (Å²) in [6.45, 7) is 8.41. The van der Waals surface area contributed by atoms with E-state index in [2.05, 4.69) is 39.9 Å².